The highest BCUT2D eigenvalue weighted by atomic mass is 127. The van der Waals surface area contributed by atoms with Crippen molar-refractivity contribution in [3.8, 4) is 0 Å². The molecule has 2 N–H and O–H groups in total. The van der Waals surface area contributed by atoms with E-state index in [1.165, 1.54) is 12.1 Å². The van der Waals surface area contributed by atoms with Gasteiger partial charge in [0.2, 0.25) is 0 Å². The quantitative estimate of drug-likeness (QED) is 0.316. The number of pyridine rings is 1. The zero-order valence-electron chi connectivity index (χ0n) is 13.4. The van der Waals surface area contributed by atoms with E-state index in [9.17, 15) is 4.39 Å². The molecule has 3 aromatic rings. The van der Waals surface area contributed by atoms with Gasteiger partial charge in [0.05, 0.1) is 6.54 Å². The number of nitrogens with one attached hydrogen (secondary N) is 2. The first kappa shape index (κ1) is 19.6. The highest BCUT2D eigenvalue weighted by Crippen LogP contribution is 2.14. The van der Waals surface area contributed by atoms with Crippen LogP contribution in [0.15, 0.2) is 52.1 Å². The molecule has 6 nitrogen and oxygen atoms in total. The fraction of sp³-hybridized carbons (Fsp3) is 0.188. The number of aromatic nitrogens is 3. The molecule has 2 heterocycles. The second kappa shape index (κ2) is 9.09. The van der Waals surface area contributed by atoms with E-state index in [0.29, 0.717) is 23.5 Å². The predicted molar refractivity (Wildman–Crippen MR) is 110 cm³/mol. The number of benzene rings is 1. The van der Waals surface area contributed by atoms with Gasteiger partial charge in [0, 0.05) is 24.3 Å². The first-order valence-electron chi connectivity index (χ1n) is 7.34. The molecule has 3 rings (SSSR count). The van der Waals surface area contributed by atoms with Gasteiger partial charge in [-0.15, -0.1) is 34.2 Å². The van der Waals surface area contributed by atoms with Crippen molar-refractivity contribution in [2.24, 2.45) is 4.99 Å². The summed E-state index contributed by atoms with van der Waals surface area (Å²) in [6.07, 6.45) is 1.91. The number of hydrogen-bond acceptors (Lipinski definition) is 3. The summed E-state index contributed by atoms with van der Waals surface area (Å²) in [7, 11) is 1.68. The van der Waals surface area contributed by atoms with Crippen LogP contribution in [-0.2, 0) is 13.1 Å². The Kier molecular flexibility index (Phi) is 7.12. The van der Waals surface area contributed by atoms with Gasteiger partial charge in [0.1, 0.15) is 5.82 Å². The molecule has 0 bridgehead atoms. The Hall–Kier alpha value is -1.75. The topological polar surface area (TPSA) is 66.6 Å². The summed E-state index contributed by atoms with van der Waals surface area (Å²) in [4.78, 5) is 4.16. The van der Waals surface area contributed by atoms with Crippen LogP contribution in [-0.4, -0.2) is 27.6 Å². The maximum absolute atomic E-state index is 13.4. The van der Waals surface area contributed by atoms with Gasteiger partial charge in [0.15, 0.2) is 17.4 Å². The highest BCUT2D eigenvalue weighted by molar-refractivity contribution is 14.0. The zero-order chi connectivity index (χ0) is 16.9. The minimum Gasteiger partial charge on any atom is -0.352 e. The van der Waals surface area contributed by atoms with Crippen molar-refractivity contribution in [1.29, 1.82) is 0 Å². The van der Waals surface area contributed by atoms with Crippen LogP contribution in [0.3, 0.4) is 0 Å². The van der Waals surface area contributed by atoms with Crippen molar-refractivity contribution < 1.29 is 4.39 Å². The molecule has 0 radical (unpaired) electrons. The molecule has 132 valence electrons. The Morgan fingerprint density at radius 1 is 1.20 bits per heavy atom. The zero-order valence-corrected chi connectivity index (χ0v) is 17.3. The first-order chi connectivity index (χ1) is 11.7. The van der Waals surface area contributed by atoms with Crippen molar-refractivity contribution >= 4 is 51.5 Å². The smallest absolute Gasteiger partial charge is 0.191 e. The standard InChI is InChI=1S/C16H16BrFN6.HI/c1-19-16(20-9-11-6-12(17)8-13(18)7-11)21-10-15-23-22-14-4-2-3-5-24(14)15;/h2-8H,9-10H2,1H3,(H2,19,20,21);1H. The third-order valence-corrected chi connectivity index (χ3v) is 3.86. The first-order valence-corrected chi connectivity index (χ1v) is 8.13. The molecule has 0 fully saturated rings. The number of rotatable bonds is 4. The van der Waals surface area contributed by atoms with Gasteiger partial charge in [-0.3, -0.25) is 9.39 Å². The maximum atomic E-state index is 13.4. The Balaban J connectivity index is 0.00000225. The lowest BCUT2D eigenvalue weighted by Gasteiger charge is -2.11. The molecule has 0 aliphatic heterocycles. The number of aliphatic imine (C=N–C) groups is 1. The van der Waals surface area contributed by atoms with Crippen LogP contribution in [0.2, 0.25) is 0 Å². The van der Waals surface area contributed by atoms with Crippen molar-refractivity contribution in [1.82, 2.24) is 25.2 Å². The average molecular weight is 519 g/mol. The van der Waals surface area contributed by atoms with E-state index in [4.69, 9.17) is 0 Å². The van der Waals surface area contributed by atoms with Crippen LogP contribution in [0.1, 0.15) is 11.4 Å². The lowest BCUT2D eigenvalue weighted by Crippen LogP contribution is -2.36. The lowest BCUT2D eigenvalue weighted by molar-refractivity contribution is 0.623. The molecule has 0 saturated carbocycles. The summed E-state index contributed by atoms with van der Waals surface area (Å²) in [5.41, 5.74) is 1.61. The summed E-state index contributed by atoms with van der Waals surface area (Å²) >= 11 is 3.29. The summed E-state index contributed by atoms with van der Waals surface area (Å²) in [6, 6.07) is 10.5. The molecule has 0 aliphatic carbocycles. The average Bonchev–Trinajstić information content (AvgIpc) is 2.97. The molecule has 1 aromatic carbocycles. The number of halogens is 3. The van der Waals surface area contributed by atoms with Gasteiger partial charge >= 0.3 is 0 Å². The Bertz CT molecular complexity index is 862. The summed E-state index contributed by atoms with van der Waals surface area (Å²) in [6.45, 7) is 0.925. The van der Waals surface area contributed by atoms with Crippen LogP contribution in [0.4, 0.5) is 4.39 Å². The minimum absolute atomic E-state index is 0. The second-order valence-electron chi connectivity index (χ2n) is 5.10. The Morgan fingerprint density at radius 3 is 2.76 bits per heavy atom. The minimum atomic E-state index is -0.279. The van der Waals surface area contributed by atoms with E-state index >= 15 is 0 Å². The molecule has 0 atom stereocenters. The van der Waals surface area contributed by atoms with Crippen LogP contribution in [0.5, 0.6) is 0 Å². The van der Waals surface area contributed by atoms with E-state index in [0.717, 1.165) is 17.0 Å². The van der Waals surface area contributed by atoms with Gasteiger partial charge in [-0.1, -0.05) is 22.0 Å². The molecular formula is C16H17BrFIN6. The SMILES string of the molecule is CN=C(NCc1cc(F)cc(Br)c1)NCc1nnc2ccccn12.I. The van der Waals surface area contributed by atoms with Crippen LogP contribution in [0.25, 0.3) is 5.65 Å². The van der Waals surface area contributed by atoms with Crippen LogP contribution < -0.4 is 10.6 Å². The van der Waals surface area contributed by atoms with Gasteiger partial charge < -0.3 is 10.6 Å². The Morgan fingerprint density at radius 2 is 2.00 bits per heavy atom. The third-order valence-electron chi connectivity index (χ3n) is 3.40. The van der Waals surface area contributed by atoms with Crippen molar-refractivity contribution in [3.63, 3.8) is 0 Å². The maximum Gasteiger partial charge on any atom is 0.191 e. The van der Waals surface area contributed by atoms with E-state index in [-0.39, 0.29) is 29.8 Å². The molecule has 25 heavy (non-hydrogen) atoms. The molecule has 0 saturated heterocycles. The van der Waals surface area contributed by atoms with E-state index in [1.54, 1.807) is 7.05 Å². The molecular weight excluding hydrogens is 502 g/mol. The van der Waals surface area contributed by atoms with E-state index in [1.807, 2.05) is 34.9 Å². The van der Waals surface area contributed by atoms with Gasteiger partial charge in [-0.05, 0) is 35.9 Å². The molecule has 2 aromatic heterocycles. The molecule has 0 spiro atoms. The number of nitrogens with zero attached hydrogens (tertiary/aromatic N) is 4. The fourth-order valence-electron chi connectivity index (χ4n) is 2.29. The normalized spacial score (nSPS) is 11.2. The van der Waals surface area contributed by atoms with Crippen LogP contribution >= 0.6 is 39.9 Å². The molecule has 0 unspecified atom stereocenters. The summed E-state index contributed by atoms with van der Waals surface area (Å²) < 4.78 is 16.0. The Labute approximate surface area is 170 Å². The lowest BCUT2D eigenvalue weighted by atomic mass is 10.2. The fourth-order valence-corrected chi connectivity index (χ4v) is 2.81. The van der Waals surface area contributed by atoms with E-state index < -0.39 is 0 Å². The monoisotopic (exact) mass is 518 g/mol. The second-order valence-corrected chi connectivity index (χ2v) is 6.02. The number of hydrogen-bond donors (Lipinski definition) is 2. The summed E-state index contributed by atoms with van der Waals surface area (Å²) in [5.74, 6) is 1.10. The molecule has 9 heteroatoms. The summed E-state index contributed by atoms with van der Waals surface area (Å²) in [5, 5.41) is 14.6. The molecule has 0 amide bonds. The number of fused-ring (bicyclic) bond motifs is 1. The van der Waals surface area contributed by atoms with Gasteiger partial charge in [-0.2, -0.15) is 0 Å². The third kappa shape index (κ3) is 5.11. The predicted octanol–water partition coefficient (Wildman–Crippen LogP) is 3.11. The number of guanidine groups is 1. The van der Waals surface area contributed by atoms with Crippen molar-refractivity contribution in [2.45, 2.75) is 13.1 Å². The largest absolute Gasteiger partial charge is 0.352 e. The molecule has 0 aliphatic rings. The van der Waals surface area contributed by atoms with Gasteiger partial charge in [-0.25, -0.2) is 4.39 Å². The van der Waals surface area contributed by atoms with Crippen molar-refractivity contribution in [3.05, 3.63) is 64.3 Å². The highest BCUT2D eigenvalue weighted by Gasteiger charge is 2.06. The van der Waals surface area contributed by atoms with Gasteiger partial charge in [0.25, 0.3) is 0 Å². The van der Waals surface area contributed by atoms with Crippen molar-refractivity contribution in [2.75, 3.05) is 7.05 Å². The van der Waals surface area contributed by atoms with E-state index in [2.05, 4.69) is 41.8 Å². The van der Waals surface area contributed by atoms with Crippen LogP contribution in [0, 0.1) is 5.82 Å².